The zero-order valence-electron chi connectivity index (χ0n) is 10.5. The molecule has 0 saturated heterocycles. The van der Waals surface area contributed by atoms with Gasteiger partial charge in [0.05, 0.1) is 23.3 Å². The number of furan rings is 1. The number of nitrogens with one attached hydrogen (secondary N) is 1. The van der Waals surface area contributed by atoms with Crippen LogP contribution in [0.2, 0.25) is 0 Å². The van der Waals surface area contributed by atoms with Gasteiger partial charge in [-0.15, -0.1) is 11.3 Å². The van der Waals surface area contributed by atoms with Crippen LogP contribution in [0.25, 0.3) is 21.0 Å². The number of para-hydroxylation sites is 1. The number of nitrogens with zero attached hydrogens (tertiary/aromatic N) is 1. The molecule has 0 unspecified atom stereocenters. The highest BCUT2D eigenvalue weighted by Crippen LogP contribution is 2.30. The summed E-state index contributed by atoms with van der Waals surface area (Å²) >= 11 is 1.55. The Labute approximate surface area is 118 Å². The maximum atomic E-state index is 12.0. The molecule has 1 N–H and O–H groups in total. The molecule has 0 spiro atoms. The number of fused-ring (bicyclic) bond motifs is 1. The highest BCUT2D eigenvalue weighted by molar-refractivity contribution is 7.21. The molecule has 3 aromatic rings. The van der Waals surface area contributed by atoms with Gasteiger partial charge < -0.3 is 9.73 Å². The fraction of sp³-hybridized carbons (Fsp3) is 0.214. The zero-order chi connectivity index (χ0) is 13.9. The second kappa shape index (κ2) is 5.68. The van der Waals surface area contributed by atoms with E-state index in [0.29, 0.717) is 11.5 Å². The van der Waals surface area contributed by atoms with Crippen molar-refractivity contribution in [2.45, 2.75) is 13.0 Å². The predicted molar refractivity (Wildman–Crippen MR) is 75.0 cm³/mol. The van der Waals surface area contributed by atoms with Gasteiger partial charge in [0.2, 0.25) is 0 Å². The Morgan fingerprint density at radius 2 is 2.05 bits per heavy atom. The third kappa shape index (κ3) is 2.86. The van der Waals surface area contributed by atoms with Crippen LogP contribution in [0.1, 0.15) is 5.76 Å². The minimum Gasteiger partial charge on any atom is -0.457 e. The van der Waals surface area contributed by atoms with E-state index in [1.54, 1.807) is 17.4 Å². The van der Waals surface area contributed by atoms with Crippen LogP contribution in [0.4, 0.5) is 8.78 Å². The van der Waals surface area contributed by atoms with Crippen molar-refractivity contribution < 1.29 is 13.2 Å². The summed E-state index contributed by atoms with van der Waals surface area (Å²) in [4.78, 5) is 4.49. The number of hydrogen-bond acceptors (Lipinski definition) is 4. The van der Waals surface area contributed by atoms with Crippen molar-refractivity contribution in [2.75, 3.05) is 6.54 Å². The maximum Gasteiger partial charge on any atom is 0.250 e. The standard InChI is InChI=1S/C14H12F2N2OS/c15-13(16)8-17-7-9-5-6-11(19-9)14-18-10-3-1-2-4-12(10)20-14/h1-6,13,17H,7-8H2. The summed E-state index contributed by atoms with van der Waals surface area (Å²) in [6.45, 7) is -0.0492. The van der Waals surface area contributed by atoms with Crippen LogP contribution in [0.3, 0.4) is 0 Å². The molecular weight excluding hydrogens is 282 g/mol. The monoisotopic (exact) mass is 294 g/mol. The van der Waals surface area contributed by atoms with Crippen molar-refractivity contribution in [1.82, 2.24) is 10.3 Å². The number of thiazole rings is 1. The van der Waals surface area contributed by atoms with Gasteiger partial charge in [0.15, 0.2) is 10.8 Å². The number of benzene rings is 1. The van der Waals surface area contributed by atoms with Gasteiger partial charge in [-0.2, -0.15) is 0 Å². The van der Waals surface area contributed by atoms with Gasteiger partial charge in [-0.3, -0.25) is 0 Å². The molecule has 0 saturated carbocycles. The molecule has 0 amide bonds. The fourth-order valence-corrected chi connectivity index (χ4v) is 2.80. The van der Waals surface area contributed by atoms with Crippen molar-refractivity contribution in [3.63, 3.8) is 0 Å². The summed E-state index contributed by atoms with van der Waals surface area (Å²) < 4.78 is 30.8. The van der Waals surface area contributed by atoms with Gasteiger partial charge in [0, 0.05) is 0 Å². The lowest BCUT2D eigenvalue weighted by Gasteiger charge is -2.00. The Hall–Kier alpha value is -1.79. The van der Waals surface area contributed by atoms with E-state index in [9.17, 15) is 8.78 Å². The van der Waals surface area contributed by atoms with Crippen LogP contribution in [0, 0.1) is 0 Å². The second-order valence-corrected chi connectivity index (χ2v) is 5.31. The summed E-state index contributed by atoms with van der Waals surface area (Å²) in [6.07, 6.45) is -2.35. The highest BCUT2D eigenvalue weighted by atomic mass is 32.1. The Bertz CT molecular complexity index is 675. The first-order valence-corrected chi connectivity index (χ1v) is 6.97. The Balaban J connectivity index is 1.75. The molecule has 2 heterocycles. The summed E-state index contributed by atoms with van der Waals surface area (Å²) in [5.74, 6) is 1.29. The van der Waals surface area contributed by atoms with Gasteiger partial charge in [-0.1, -0.05) is 12.1 Å². The van der Waals surface area contributed by atoms with E-state index in [0.717, 1.165) is 15.2 Å². The molecule has 3 rings (SSSR count). The van der Waals surface area contributed by atoms with E-state index in [1.807, 2.05) is 30.3 Å². The smallest absolute Gasteiger partial charge is 0.250 e. The van der Waals surface area contributed by atoms with Gasteiger partial charge in [0.25, 0.3) is 6.43 Å². The lowest BCUT2D eigenvalue weighted by atomic mass is 10.3. The van der Waals surface area contributed by atoms with E-state index >= 15 is 0 Å². The average molecular weight is 294 g/mol. The summed E-state index contributed by atoms with van der Waals surface area (Å²) in [7, 11) is 0. The van der Waals surface area contributed by atoms with Crippen LogP contribution >= 0.6 is 11.3 Å². The van der Waals surface area contributed by atoms with Gasteiger partial charge in [-0.25, -0.2) is 13.8 Å². The largest absolute Gasteiger partial charge is 0.457 e. The molecule has 0 fully saturated rings. The minimum absolute atomic E-state index is 0.287. The first kappa shape index (κ1) is 13.2. The maximum absolute atomic E-state index is 12.0. The predicted octanol–water partition coefficient (Wildman–Crippen LogP) is 3.91. The topological polar surface area (TPSA) is 38.1 Å². The van der Waals surface area contributed by atoms with Crippen LogP contribution < -0.4 is 5.32 Å². The number of halogens is 2. The molecular formula is C14H12F2N2OS. The first-order chi connectivity index (χ1) is 9.72. The molecule has 0 aliphatic heterocycles. The molecule has 20 heavy (non-hydrogen) atoms. The number of rotatable bonds is 5. The van der Waals surface area contributed by atoms with E-state index in [-0.39, 0.29) is 13.1 Å². The third-order valence-electron chi connectivity index (χ3n) is 2.76. The van der Waals surface area contributed by atoms with Crippen molar-refractivity contribution in [2.24, 2.45) is 0 Å². The molecule has 0 aliphatic rings. The molecule has 104 valence electrons. The Kier molecular flexibility index (Phi) is 3.75. The number of aromatic nitrogens is 1. The molecule has 2 aromatic heterocycles. The fourth-order valence-electron chi connectivity index (χ4n) is 1.87. The molecule has 0 bridgehead atoms. The summed E-state index contributed by atoms with van der Waals surface area (Å²) in [6, 6.07) is 11.4. The molecule has 0 atom stereocenters. The van der Waals surface area contributed by atoms with E-state index in [2.05, 4.69) is 10.3 Å². The molecule has 1 aromatic carbocycles. The van der Waals surface area contributed by atoms with E-state index < -0.39 is 6.43 Å². The van der Waals surface area contributed by atoms with Crippen LogP contribution in [-0.2, 0) is 6.54 Å². The number of hydrogen-bond donors (Lipinski definition) is 1. The lowest BCUT2D eigenvalue weighted by molar-refractivity contribution is 0.145. The highest BCUT2D eigenvalue weighted by Gasteiger charge is 2.10. The molecule has 0 aliphatic carbocycles. The SMILES string of the molecule is FC(F)CNCc1ccc(-c2nc3ccccc3s2)o1. The van der Waals surface area contributed by atoms with E-state index in [1.165, 1.54) is 0 Å². The van der Waals surface area contributed by atoms with Crippen LogP contribution in [-0.4, -0.2) is 18.0 Å². The second-order valence-electron chi connectivity index (χ2n) is 4.27. The van der Waals surface area contributed by atoms with Gasteiger partial charge in [-0.05, 0) is 24.3 Å². The van der Waals surface area contributed by atoms with Crippen LogP contribution in [0.15, 0.2) is 40.8 Å². The molecule has 0 radical (unpaired) electrons. The van der Waals surface area contributed by atoms with Crippen molar-refractivity contribution >= 4 is 21.6 Å². The minimum atomic E-state index is -2.35. The Morgan fingerprint density at radius 1 is 1.20 bits per heavy atom. The quantitative estimate of drug-likeness (QED) is 0.775. The third-order valence-corrected chi connectivity index (χ3v) is 3.82. The van der Waals surface area contributed by atoms with Crippen molar-refractivity contribution in [1.29, 1.82) is 0 Å². The van der Waals surface area contributed by atoms with Crippen LogP contribution in [0.5, 0.6) is 0 Å². The zero-order valence-corrected chi connectivity index (χ0v) is 11.3. The molecule has 6 heteroatoms. The average Bonchev–Trinajstić information content (AvgIpc) is 3.03. The van der Waals surface area contributed by atoms with Gasteiger partial charge in [0.1, 0.15) is 5.76 Å². The van der Waals surface area contributed by atoms with Crippen molar-refractivity contribution in [3.05, 3.63) is 42.2 Å². The lowest BCUT2D eigenvalue weighted by Crippen LogP contribution is -2.20. The summed E-state index contributed by atoms with van der Waals surface area (Å²) in [5, 5.41) is 3.43. The van der Waals surface area contributed by atoms with E-state index in [4.69, 9.17) is 4.42 Å². The van der Waals surface area contributed by atoms with Crippen molar-refractivity contribution in [3.8, 4) is 10.8 Å². The number of alkyl halides is 2. The summed E-state index contributed by atoms with van der Waals surface area (Å²) in [5.41, 5.74) is 0.932. The van der Waals surface area contributed by atoms with Gasteiger partial charge >= 0.3 is 0 Å². The molecule has 3 nitrogen and oxygen atoms in total. The normalized spacial score (nSPS) is 11.6. The Morgan fingerprint density at radius 3 is 2.85 bits per heavy atom. The first-order valence-electron chi connectivity index (χ1n) is 6.16.